The summed E-state index contributed by atoms with van der Waals surface area (Å²) in [7, 11) is -3.75. The summed E-state index contributed by atoms with van der Waals surface area (Å²) in [6, 6.07) is 18.2. The Morgan fingerprint density at radius 1 is 1.12 bits per heavy atom. The van der Waals surface area contributed by atoms with E-state index in [2.05, 4.69) is 11.6 Å². The third-order valence-electron chi connectivity index (χ3n) is 3.61. The van der Waals surface area contributed by atoms with Crippen molar-refractivity contribution in [2.24, 2.45) is 4.99 Å². The smallest absolute Gasteiger partial charge is 0.254 e. The Morgan fingerprint density at radius 2 is 1.73 bits per heavy atom. The summed E-state index contributed by atoms with van der Waals surface area (Å²) in [5, 5.41) is 0.660. The van der Waals surface area contributed by atoms with Gasteiger partial charge in [-0.25, -0.2) is 12.4 Å². The molecule has 0 unspecified atom stereocenters. The maximum Gasteiger partial charge on any atom is 0.270 e. The molecule has 0 saturated heterocycles. The van der Waals surface area contributed by atoms with Gasteiger partial charge in [0.15, 0.2) is 0 Å². The second kappa shape index (κ2) is 8.07. The zero-order valence-corrected chi connectivity index (χ0v) is 16.7. The van der Waals surface area contributed by atoms with E-state index in [1.807, 2.05) is 36.6 Å². The van der Waals surface area contributed by atoms with E-state index >= 15 is 0 Å². The molecular formula is C19H18N2O2S3. The summed E-state index contributed by atoms with van der Waals surface area (Å²) in [5.74, 6) is 0. The summed E-state index contributed by atoms with van der Waals surface area (Å²) in [6.07, 6.45) is 3.53. The van der Waals surface area contributed by atoms with Crippen LogP contribution < -0.4 is 4.80 Å². The van der Waals surface area contributed by atoms with Gasteiger partial charge in [-0.15, -0.1) is 18.3 Å². The van der Waals surface area contributed by atoms with E-state index in [1.54, 1.807) is 36.4 Å². The van der Waals surface area contributed by atoms with Crippen molar-refractivity contribution >= 4 is 33.1 Å². The molecule has 0 aliphatic heterocycles. The van der Waals surface area contributed by atoms with Crippen molar-refractivity contribution in [1.82, 2.24) is 3.97 Å². The monoisotopic (exact) mass is 402 g/mol. The highest BCUT2D eigenvalue weighted by atomic mass is 32.2. The largest absolute Gasteiger partial charge is 0.270 e. The lowest BCUT2D eigenvalue weighted by Gasteiger charge is -2.10. The van der Waals surface area contributed by atoms with Crippen LogP contribution in [0, 0.1) is 0 Å². The Bertz CT molecular complexity index is 1070. The first-order valence-corrected chi connectivity index (χ1v) is 11.3. The van der Waals surface area contributed by atoms with Crippen LogP contribution in [0.4, 0.5) is 0 Å². The molecular weight excluding hydrogens is 384 g/mol. The molecule has 2 aromatic carbocycles. The summed E-state index contributed by atoms with van der Waals surface area (Å²) in [6.45, 7) is 4.03. The number of hydrogen-bond donors (Lipinski definition) is 0. The molecule has 0 saturated carbocycles. The number of thioether (sulfide) groups is 1. The van der Waals surface area contributed by atoms with Crippen molar-refractivity contribution < 1.29 is 8.42 Å². The molecule has 0 atom stereocenters. The van der Waals surface area contributed by atoms with Crippen LogP contribution >= 0.6 is 23.1 Å². The van der Waals surface area contributed by atoms with Gasteiger partial charge >= 0.3 is 0 Å². The lowest BCUT2D eigenvalue weighted by atomic mass is 10.2. The van der Waals surface area contributed by atoms with Crippen LogP contribution in [-0.2, 0) is 10.0 Å². The van der Waals surface area contributed by atoms with Crippen molar-refractivity contribution in [3.8, 4) is 10.4 Å². The summed E-state index contributed by atoms with van der Waals surface area (Å²) in [5.41, 5.74) is 0.971. The summed E-state index contributed by atoms with van der Waals surface area (Å²) in [4.78, 5) is 6.02. The van der Waals surface area contributed by atoms with Gasteiger partial charge in [0, 0.05) is 0 Å². The molecule has 7 heteroatoms. The summed E-state index contributed by atoms with van der Waals surface area (Å²) < 4.78 is 28.0. The highest BCUT2D eigenvalue weighted by Gasteiger charge is 2.25. The van der Waals surface area contributed by atoms with Gasteiger partial charge in [-0.2, -0.15) is 0 Å². The van der Waals surface area contributed by atoms with Gasteiger partial charge in [0.25, 0.3) is 10.0 Å². The fourth-order valence-corrected chi connectivity index (χ4v) is 6.64. The van der Waals surface area contributed by atoms with Gasteiger partial charge < -0.3 is 0 Å². The van der Waals surface area contributed by atoms with E-state index < -0.39 is 10.0 Å². The number of thiazole rings is 1. The molecule has 0 radical (unpaired) electrons. The van der Waals surface area contributed by atoms with Crippen LogP contribution in [0.5, 0.6) is 0 Å². The van der Waals surface area contributed by atoms with Gasteiger partial charge in [0.05, 0.1) is 16.3 Å². The third kappa shape index (κ3) is 3.56. The molecule has 4 nitrogen and oxygen atoms in total. The van der Waals surface area contributed by atoms with Crippen LogP contribution in [0.2, 0.25) is 0 Å². The SMILES string of the molecule is C=CCN=c1sc(-c2ccccc2)c(SC)n1S(=O)(=O)c1ccccc1. The van der Waals surface area contributed by atoms with Crippen molar-refractivity contribution in [3.63, 3.8) is 0 Å². The minimum absolute atomic E-state index is 0.243. The first-order valence-electron chi connectivity index (χ1n) is 7.87. The van der Waals surface area contributed by atoms with E-state index in [0.29, 0.717) is 16.4 Å². The highest BCUT2D eigenvalue weighted by Crippen LogP contribution is 2.34. The molecule has 3 rings (SSSR count). The second-order valence-corrected chi connectivity index (χ2v) is 8.86. The number of benzene rings is 2. The molecule has 26 heavy (non-hydrogen) atoms. The van der Waals surface area contributed by atoms with Crippen molar-refractivity contribution in [1.29, 1.82) is 0 Å². The van der Waals surface area contributed by atoms with E-state index in [4.69, 9.17) is 0 Å². The van der Waals surface area contributed by atoms with Crippen LogP contribution in [0.3, 0.4) is 0 Å². The van der Waals surface area contributed by atoms with E-state index in [0.717, 1.165) is 10.4 Å². The zero-order valence-electron chi connectivity index (χ0n) is 14.2. The molecule has 1 heterocycles. The number of rotatable bonds is 6. The van der Waals surface area contributed by atoms with Gasteiger partial charge in [0.2, 0.25) is 4.80 Å². The Hall–Kier alpha value is -2.09. The standard InChI is InChI=1S/C19H18N2O2S3/c1-3-14-20-19-21(26(22,23)16-12-8-5-9-13-16)18(24-2)17(25-19)15-10-6-4-7-11-15/h3-13H,1,14H2,2H3. The fraction of sp³-hybridized carbons (Fsp3) is 0.105. The molecule has 134 valence electrons. The van der Waals surface area contributed by atoms with Gasteiger partial charge in [-0.3, -0.25) is 4.99 Å². The third-order valence-corrected chi connectivity index (χ3v) is 7.58. The predicted molar refractivity (Wildman–Crippen MR) is 109 cm³/mol. The average molecular weight is 403 g/mol. The summed E-state index contributed by atoms with van der Waals surface area (Å²) >= 11 is 2.77. The minimum Gasteiger partial charge on any atom is -0.254 e. The predicted octanol–water partition coefficient (Wildman–Crippen LogP) is 4.26. The van der Waals surface area contributed by atoms with E-state index in [1.165, 1.54) is 27.1 Å². The maximum absolute atomic E-state index is 13.3. The lowest BCUT2D eigenvalue weighted by molar-refractivity contribution is 0.581. The molecule has 0 bridgehead atoms. The highest BCUT2D eigenvalue weighted by molar-refractivity contribution is 7.99. The number of aromatic nitrogens is 1. The van der Waals surface area contributed by atoms with Crippen molar-refractivity contribution in [2.45, 2.75) is 9.92 Å². The second-order valence-electron chi connectivity index (χ2n) is 5.30. The lowest BCUT2D eigenvalue weighted by Crippen LogP contribution is -2.25. The zero-order chi connectivity index (χ0) is 18.6. The van der Waals surface area contributed by atoms with E-state index in [-0.39, 0.29) is 4.90 Å². The van der Waals surface area contributed by atoms with E-state index in [9.17, 15) is 8.42 Å². The van der Waals surface area contributed by atoms with Crippen LogP contribution in [0.25, 0.3) is 10.4 Å². The Morgan fingerprint density at radius 3 is 2.31 bits per heavy atom. The molecule has 0 aliphatic carbocycles. The average Bonchev–Trinajstić information content (AvgIpc) is 3.07. The minimum atomic E-state index is -3.75. The van der Waals surface area contributed by atoms with Crippen LogP contribution in [0.1, 0.15) is 0 Å². The molecule has 0 fully saturated rings. The van der Waals surface area contributed by atoms with Crippen molar-refractivity contribution in [3.05, 3.63) is 78.1 Å². The maximum atomic E-state index is 13.3. The van der Waals surface area contributed by atoms with Gasteiger partial charge in [0.1, 0.15) is 5.03 Å². The normalized spacial score (nSPS) is 12.3. The Kier molecular flexibility index (Phi) is 5.80. The van der Waals surface area contributed by atoms with Crippen LogP contribution in [0.15, 0.2) is 88.2 Å². The van der Waals surface area contributed by atoms with Crippen molar-refractivity contribution in [2.75, 3.05) is 12.8 Å². The molecule has 0 aliphatic rings. The first kappa shape index (κ1) is 18.7. The van der Waals surface area contributed by atoms with Gasteiger partial charge in [-0.05, 0) is 24.0 Å². The quantitative estimate of drug-likeness (QED) is 0.457. The fourth-order valence-electron chi connectivity index (χ4n) is 2.45. The number of hydrogen-bond acceptors (Lipinski definition) is 5. The Labute approximate surface area is 161 Å². The Balaban J connectivity index is 2.33. The molecule has 3 aromatic rings. The molecule has 0 spiro atoms. The molecule has 1 aromatic heterocycles. The topological polar surface area (TPSA) is 51.4 Å². The first-order chi connectivity index (χ1) is 12.6. The molecule has 0 amide bonds. The van der Waals surface area contributed by atoms with Gasteiger partial charge in [-0.1, -0.05) is 65.9 Å². The molecule has 0 N–H and O–H groups in total. The van der Waals surface area contributed by atoms with Crippen LogP contribution in [-0.4, -0.2) is 25.2 Å². The number of nitrogens with zero attached hydrogens (tertiary/aromatic N) is 2.